The van der Waals surface area contributed by atoms with Crippen molar-refractivity contribution in [3.8, 4) is 5.75 Å². The fourth-order valence-electron chi connectivity index (χ4n) is 1.60. The van der Waals surface area contributed by atoms with E-state index in [9.17, 15) is 5.11 Å². The number of hydrogen-bond acceptors (Lipinski definition) is 4. The lowest BCUT2D eigenvalue weighted by Crippen LogP contribution is -2.35. The van der Waals surface area contributed by atoms with E-state index in [4.69, 9.17) is 9.47 Å². The van der Waals surface area contributed by atoms with Crippen LogP contribution in [0, 0.1) is 0 Å². The van der Waals surface area contributed by atoms with Crippen LogP contribution in [0.3, 0.4) is 0 Å². The molecule has 0 bridgehead atoms. The molecule has 0 saturated carbocycles. The predicted octanol–water partition coefficient (Wildman–Crippen LogP) is 2.20. The zero-order valence-corrected chi connectivity index (χ0v) is 13.0. The maximum absolute atomic E-state index is 9.78. The minimum absolute atomic E-state index is 0.156. The minimum atomic E-state index is -0.534. The highest BCUT2D eigenvalue weighted by molar-refractivity contribution is 9.10. The van der Waals surface area contributed by atoms with E-state index in [0.29, 0.717) is 13.2 Å². The van der Waals surface area contributed by atoms with Crippen LogP contribution in [0.2, 0.25) is 0 Å². The Balaban J connectivity index is 2.16. The first-order valence-electron chi connectivity index (χ1n) is 6.50. The summed E-state index contributed by atoms with van der Waals surface area (Å²) < 4.78 is 11.8. The molecule has 4 nitrogen and oxygen atoms in total. The summed E-state index contributed by atoms with van der Waals surface area (Å²) in [5.41, 5.74) is 0. The van der Waals surface area contributed by atoms with Crippen LogP contribution in [0.15, 0.2) is 28.7 Å². The molecule has 0 saturated heterocycles. The summed E-state index contributed by atoms with van der Waals surface area (Å²) >= 11 is 3.37. The van der Waals surface area contributed by atoms with Crippen molar-refractivity contribution in [2.75, 3.05) is 26.3 Å². The van der Waals surface area contributed by atoms with Gasteiger partial charge in [0.2, 0.25) is 0 Å². The number of ether oxygens (including phenoxy) is 2. The van der Waals surface area contributed by atoms with Crippen molar-refractivity contribution in [2.45, 2.75) is 26.1 Å². The molecule has 0 aliphatic heterocycles. The van der Waals surface area contributed by atoms with Gasteiger partial charge in [0.25, 0.3) is 0 Å². The third-order valence-corrected chi connectivity index (χ3v) is 2.99. The van der Waals surface area contributed by atoms with Crippen molar-refractivity contribution in [1.82, 2.24) is 5.32 Å². The van der Waals surface area contributed by atoms with E-state index in [1.807, 2.05) is 38.1 Å². The molecular weight excluding hydrogens is 310 g/mol. The third kappa shape index (κ3) is 7.52. The molecule has 0 aliphatic rings. The maximum Gasteiger partial charge on any atom is 0.120 e. The Morgan fingerprint density at radius 2 is 2.16 bits per heavy atom. The highest BCUT2D eigenvalue weighted by atomic mass is 79.9. The van der Waals surface area contributed by atoms with Gasteiger partial charge in [-0.15, -0.1) is 0 Å². The molecule has 2 atom stereocenters. The van der Waals surface area contributed by atoms with Crippen LogP contribution in [0.25, 0.3) is 0 Å². The first-order chi connectivity index (χ1) is 9.11. The lowest BCUT2D eigenvalue weighted by atomic mass is 10.3. The zero-order chi connectivity index (χ0) is 14.1. The van der Waals surface area contributed by atoms with Gasteiger partial charge in [-0.25, -0.2) is 0 Å². The van der Waals surface area contributed by atoms with Gasteiger partial charge < -0.3 is 19.9 Å². The largest absolute Gasteiger partial charge is 0.491 e. The molecule has 0 amide bonds. The van der Waals surface area contributed by atoms with Gasteiger partial charge in [-0.2, -0.15) is 0 Å². The molecule has 0 aliphatic carbocycles. The van der Waals surface area contributed by atoms with Crippen molar-refractivity contribution in [3.63, 3.8) is 0 Å². The summed E-state index contributed by atoms with van der Waals surface area (Å²) in [5.74, 6) is 0.746. The second kappa shape index (κ2) is 9.31. The predicted molar refractivity (Wildman–Crippen MR) is 79.6 cm³/mol. The van der Waals surface area contributed by atoms with E-state index in [2.05, 4.69) is 21.2 Å². The first-order valence-corrected chi connectivity index (χ1v) is 7.30. The molecule has 1 aromatic rings. The van der Waals surface area contributed by atoms with Crippen LogP contribution in [0.1, 0.15) is 13.8 Å². The SMILES string of the molecule is CCOC(C)CNCC(O)COc1cccc(Br)c1. The van der Waals surface area contributed by atoms with E-state index in [-0.39, 0.29) is 12.7 Å². The molecule has 2 N–H and O–H groups in total. The van der Waals surface area contributed by atoms with Crippen molar-refractivity contribution >= 4 is 15.9 Å². The highest BCUT2D eigenvalue weighted by Crippen LogP contribution is 2.17. The van der Waals surface area contributed by atoms with Gasteiger partial charge >= 0.3 is 0 Å². The maximum atomic E-state index is 9.78. The lowest BCUT2D eigenvalue weighted by Gasteiger charge is -2.16. The van der Waals surface area contributed by atoms with E-state index in [1.54, 1.807) is 0 Å². The Kier molecular flexibility index (Phi) is 8.05. The molecular formula is C14H22BrNO3. The normalized spacial score (nSPS) is 14.1. The molecule has 2 unspecified atom stereocenters. The summed E-state index contributed by atoms with van der Waals surface area (Å²) in [5, 5.41) is 12.9. The number of nitrogens with one attached hydrogen (secondary N) is 1. The smallest absolute Gasteiger partial charge is 0.120 e. The topological polar surface area (TPSA) is 50.7 Å². The fourth-order valence-corrected chi connectivity index (χ4v) is 1.98. The molecule has 5 heteroatoms. The summed E-state index contributed by atoms with van der Waals surface area (Å²) in [6.45, 7) is 6.16. The molecule has 0 heterocycles. The molecule has 108 valence electrons. The fraction of sp³-hybridized carbons (Fsp3) is 0.571. The van der Waals surface area contributed by atoms with E-state index < -0.39 is 6.10 Å². The summed E-state index contributed by atoms with van der Waals surface area (Å²) in [6, 6.07) is 7.56. The van der Waals surface area contributed by atoms with Crippen LogP contribution in [-0.4, -0.2) is 43.6 Å². The molecule has 1 aromatic carbocycles. The van der Waals surface area contributed by atoms with Crippen molar-refractivity contribution in [2.24, 2.45) is 0 Å². The van der Waals surface area contributed by atoms with Gasteiger partial charge in [0, 0.05) is 24.2 Å². The zero-order valence-electron chi connectivity index (χ0n) is 11.4. The number of aliphatic hydroxyl groups is 1. The quantitative estimate of drug-likeness (QED) is 0.728. The molecule has 0 fully saturated rings. The third-order valence-electron chi connectivity index (χ3n) is 2.50. The van der Waals surface area contributed by atoms with Crippen molar-refractivity contribution in [3.05, 3.63) is 28.7 Å². The Labute approximate surface area is 123 Å². The van der Waals surface area contributed by atoms with E-state index in [0.717, 1.165) is 16.8 Å². The standard InChI is InChI=1S/C14H22BrNO3/c1-3-18-11(2)8-16-9-13(17)10-19-14-6-4-5-12(15)7-14/h4-7,11,13,16-17H,3,8-10H2,1-2H3. The van der Waals surface area contributed by atoms with E-state index >= 15 is 0 Å². The first kappa shape index (κ1) is 16.4. The van der Waals surface area contributed by atoms with Crippen LogP contribution in [0.5, 0.6) is 5.75 Å². The van der Waals surface area contributed by atoms with Crippen molar-refractivity contribution < 1.29 is 14.6 Å². The van der Waals surface area contributed by atoms with Gasteiger partial charge in [0.15, 0.2) is 0 Å². The van der Waals surface area contributed by atoms with Crippen molar-refractivity contribution in [1.29, 1.82) is 0 Å². The van der Waals surface area contributed by atoms with Gasteiger partial charge in [-0.3, -0.25) is 0 Å². The number of halogens is 1. The highest BCUT2D eigenvalue weighted by Gasteiger charge is 2.07. The molecule has 0 spiro atoms. The summed E-state index contributed by atoms with van der Waals surface area (Å²) in [4.78, 5) is 0. The summed E-state index contributed by atoms with van der Waals surface area (Å²) in [6.07, 6.45) is -0.379. The van der Waals surface area contributed by atoms with Gasteiger partial charge in [-0.05, 0) is 32.0 Å². The van der Waals surface area contributed by atoms with Crippen LogP contribution in [0.4, 0.5) is 0 Å². The van der Waals surface area contributed by atoms with Gasteiger partial charge in [-0.1, -0.05) is 22.0 Å². The Morgan fingerprint density at radius 3 is 2.84 bits per heavy atom. The Bertz CT molecular complexity index is 362. The number of hydrogen-bond donors (Lipinski definition) is 2. The van der Waals surface area contributed by atoms with Crippen LogP contribution >= 0.6 is 15.9 Å². The minimum Gasteiger partial charge on any atom is -0.491 e. The summed E-state index contributed by atoms with van der Waals surface area (Å²) in [7, 11) is 0. The number of rotatable bonds is 9. The van der Waals surface area contributed by atoms with Gasteiger partial charge in [0.1, 0.15) is 18.5 Å². The van der Waals surface area contributed by atoms with Gasteiger partial charge in [0.05, 0.1) is 6.10 Å². The molecule has 1 rings (SSSR count). The Morgan fingerprint density at radius 1 is 1.37 bits per heavy atom. The van der Waals surface area contributed by atoms with E-state index in [1.165, 1.54) is 0 Å². The number of aliphatic hydroxyl groups excluding tert-OH is 1. The Hall–Kier alpha value is -0.620. The number of benzene rings is 1. The van der Waals surface area contributed by atoms with Crippen LogP contribution < -0.4 is 10.1 Å². The molecule has 0 radical (unpaired) electrons. The monoisotopic (exact) mass is 331 g/mol. The average Bonchev–Trinajstić information content (AvgIpc) is 2.37. The second-order valence-electron chi connectivity index (χ2n) is 4.35. The van der Waals surface area contributed by atoms with Crippen LogP contribution in [-0.2, 0) is 4.74 Å². The average molecular weight is 332 g/mol. The molecule has 19 heavy (non-hydrogen) atoms. The molecule has 0 aromatic heterocycles. The second-order valence-corrected chi connectivity index (χ2v) is 5.26. The lowest BCUT2D eigenvalue weighted by molar-refractivity contribution is 0.0671.